The highest BCUT2D eigenvalue weighted by Gasteiger charge is 2.48. The van der Waals surface area contributed by atoms with Crippen molar-refractivity contribution in [3.63, 3.8) is 0 Å². The molecule has 2 aliphatic rings. The van der Waals surface area contributed by atoms with Crippen molar-refractivity contribution in [1.82, 2.24) is 10.2 Å². The van der Waals surface area contributed by atoms with Gasteiger partial charge in [-0.05, 0) is 37.5 Å². The van der Waals surface area contributed by atoms with Crippen molar-refractivity contribution >= 4 is 38.4 Å². The van der Waals surface area contributed by atoms with Crippen LogP contribution in [0.25, 0.3) is 10.6 Å². The molecule has 1 spiro atoms. The molecule has 2 aromatic carbocycles. The Morgan fingerprint density at radius 2 is 1.93 bits per heavy atom. The molecule has 6 nitrogen and oxygen atoms in total. The molecule has 1 saturated carbocycles. The Bertz CT molecular complexity index is 1060. The van der Waals surface area contributed by atoms with Crippen molar-refractivity contribution in [3.8, 4) is 16.3 Å². The highest BCUT2D eigenvalue weighted by molar-refractivity contribution is 9.10. The number of nitrogens with zero attached hydrogens (tertiary/aromatic N) is 3. The normalized spacial score (nSPS) is 19.1. The van der Waals surface area contributed by atoms with E-state index in [2.05, 4.69) is 26.1 Å². The van der Waals surface area contributed by atoms with Crippen LogP contribution < -0.4 is 15.4 Å². The number of fused-ring (bicyclic) bond motifs is 1. The Morgan fingerprint density at radius 3 is 2.62 bits per heavy atom. The monoisotopic (exact) mass is 470 g/mol. The van der Waals surface area contributed by atoms with E-state index in [1.807, 2.05) is 48.5 Å². The summed E-state index contributed by atoms with van der Waals surface area (Å²) in [7, 11) is 0. The first-order chi connectivity index (χ1) is 14.0. The molecule has 2 amide bonds. The third-order valence-electron chi connectivity index (χ3n) is 5.70. The summed E-state index contributed by atoms with van der Waals surface area (Å²) in [4.78, 5) is 14.1. The minimum atomic E-state index is -0.528. The van der Waals surface area contributed by atoms with Crippen molar-refractivity contribution in [3.05, 3.63) is 58.6 Å². The molecule has 1 fully saturated rings. The summed E-state index contributed by atoms with van der Waals surface area (Å²) in [5.74, 6) is 0.826. The number of benzene rings is 2. The highest BCUT2D eigenvalue weighted by atomic mass is 79.9. The van der Waals surface area contributed by atoms with Crippen LogP contribution in [0, 0.1) is 0 Å². The number of halogens is 1. The van der Waals surface area contributed by atoms with E-state index in [0.29, 0.717) is 11.6 Å². The third kappa shape index (κ3) is 3.30. The van der Waals surface area contributed by atoms with Gasteiger partial charge in [0.25, 0.3) is 0 Å². The van der Waals surface area contributed by atoms with Crippen LogP contribution in [0.1, 0.15) is 37.3 Å². The summed E-state index contributed by atoms with van der Waals surface area (Å²) < 4.78 is 7.32. The first-order valence-electron chi connectivity index (χ1n) is 9.51. The van der Waals surface area contributed by atoms with E-state index in [4.69, 9.17) is 10.5 Å². The minimum absolute atomic E-state index is 0.216. The Kier molecular flexibility index (Phi) is 4.55. The average molecular weight is 471 g/mol. The molecule has 0 bridgehead atoms. The van der Waals surface area contributed by atoms with Crippen LogP contribution in [0.4, 0.5) is 9.93 Å². The smallest absolute Gasteiger partial charge is 0.321 e. The van der Waals surface area contributed by atoms with Crippen molar-refractivity contribution < 1.29 is 9.53 Å². The molecule has 3 aromatic rings. The van der Waals surface area contributed by atoms with Gasteiger partial charge in [-0.15, -0.1) is 10.2 Å². The molecular weight excluding hydrogens is 452 g/mol. The van der Waals surface area contributed by atoms with Crippen LogP contribution in [0.3, 0.4) is 0 Å². The van der Waals surface area contributed by atoms with Gasteiger partial charge in [-0.1, -0.05) is 57.6 Å². The summed E-state index contributed by atoms with van der Waals surface area (Å²) in [6.45, 7) is 0. The molecule has 0 radical (unpaired) electrons. The Hall–Kier alpha value is -2.45. The van der Waals surface area contributed by atoms with Gasteiger partial charge in [-0.25, -0.2) is 4.79 Å². The van der Waals surface area contributed by atoms with Gasteiger partial charge >= 0.3 is 6.03 Å². The molecule has 29 heavy (non-hydrogen) atoms. The van der Waals surface area contributed by atoms with E-state index < -0.39 is 6.03 Å². The predicted molar refractivity (Wildman–Crippen MR) is 116 cm³/mol. The molecule has 148 valence electrons. The van der Waals surface area contributed by atoms with Crippen LogP contribution in [0.2, 0.25) is 0 Å². The lowest BCUT2D eigenvalue weighted by Gasteiger charge is -2.49. The number of nitrogens with two attached hydrogens (primary N) is 1. The lowest BCUT2D eigenvalue weighted by atomic mass is 9.72. The maximum Gasteiger partial charge on any atom is 0.321 e. The van der Waals surface area contributed by atoms with Crippen molar-refractivity contribution in [2.45, 2.75) is 37.3 Å². The number of carbonyl (C=O) groups excluding carboxylic acids is 1. The predicted octanol–water partition coefficient (Wildman–Crippen LogP) is 5.30. The number of hydrogen-bond donors (Lipinski definition) is 1. The summed E-state index contributed by atoms with van der Waals surface area (Å²) in [6, 6.07) is 15.0. The van der Waals surface area contributed by atoms with Gasteiger partial charge < -0.3 is 10.5 Å². The molecule has 2 N–H and O–H groups in total. The average Bonchev–Trinajstić information content (AvgIpc) is 3.16. The number of hydrogen-bond acceptors (Lipinski definition) is 5. The fourth-order valence-corrected chi connectivity index (χ4v) is 5.27. The Morgan fingerprint density at radius 1 is 1.17 bits per heavy atom. The first kappa shape index (κ1) is 18.6. The Balaban J connectivity index is 1.54. The van der Waals surface area contributed by atoms with Gasteiger partial charge in [0.15, 0.2) is 0 Å². The SMILES string of the molecule is NC(=O)N(c1nnc(-c2ccc(Br)cc2)s1)C1CC2(CCC2)Oc2ccccc21. The van der Waals surface area contributed by atoms with Gasteiger partial charge in [0, 0.05) is 22.0 Å². The second kappa shape index (κ2) is 7.11. The second-order valence-corrected chi connectivity index (χ2v) is 9.37. The number of anilines is 1. The largest absolute Gasteiger partial charge is 0.487 e. The molecule has 0 saturated heterocycles. The van der Waals surface area contributed by atoms with E-state index in [1.165, 1.54) is 11.3 Å². The number of aromatic nitrogens is 2. The van der Waals surface area contributed by atoms with Crippen LogP contribution in [-0.2, 0) is 0 Å². The standard InChI is InChI=1S/C21H19BrN4O2S/c22-14-8-6-13(7-9-14)18-24-25-20(29-18)26(19(23)27)16-12-21(10-3-11-21)28-17-5-2-1-4-15(16)17/h1-2,4-9,16H,3,10-12H2,(H2,23,27). The number of rotatable bonds is 3. The molecule has 1 aliphatic carbocycles. The second-order valence-electron chi connectivity index (χ2n) is 7.50. The summed E-state index contributed by atoms with van der Waals surface area (Å²) in [6.07, 6.45) is 3.83. The van der Waals surface area contributed by atoms with Crippen molar-refractivity contribution in [1.29, 1.82) is 0 Å². The number of primary amides is 1. The summed E-state index contributed by atoms with van der Waals surface area (Å²) in [5.41, 5.74) is 7.55. The van der Waals surface area contributed by atoms with Gasteiger partial charge in [0.1, 0.15) is 16.4 Å². The molecule has 5 rings (SSSR count). The van der Waals surface area contributed by atoms with Crippen LogP contribution in [0.5, 0.6) is 5.75 Å². The topological polar surface area (TPSA) is 81.3 Å². The molecule has 1 unspecified atom stereocenters. The maximum atomic E-state index is 12.6. The quantitative estimate of drug-likeness (QED) is 0.562. The molecule has 8 heteroatoms. The fraction of sp³-hybridized carbons (Fsp3) is 0.286. The lowest BCUT2D eigenvalue weighted by molar-refractivity contribution is -0.0329. The van der Waals surface area contributed by atoms with Crippen LogP contribution in [0.15, 0.2) is 53.0 Å². The van der Waals surface area contributed by atoms with E-state index in [9.17, 15) is 4.79 Å². The third-order valence-corrected chi connectivity index (χ3v) is 7.20. The van der Waals surface area contributed by atoms with Gasteiger partial charge in [-0.3, -0.25) is 4.90 Å². The summed E-state index contributed by atoms with van der Waals surface area (Å²) in [5, 5.41) is 9.88. The molecular formula is C21H19BrN4O2S. The molecule has 1 aliphatic heterocycles. The van der Waals surface area contributed by atoms with Crippen molar-refractivity contribution in [2.24, 2.45) is 5.73 Å². The molecule has 1 atom stereocenters. The highest BCUT2D eigenvalue weighted by Crippen LogP contribution is 2.51. The maximum absolute atomic E-state index is 12.6. The molecule has 2 heterocycles. The minimum Gasteiger partial charge on any atom is -0.487 e. The number of para-hydroxylation sites is 1. The lowest BCUT2D eigenvalue weighted by Crippen LogP contribution is -2.51. The number of carbonyl (C=O) groups is 1. The van der Waals surface area contributed by atoms with Crippen molar-refractivity contribution in [2.75, 3.05) is 4.90 Å². The number of amides is 2. The summed E-state index contributed by atoms with van der Waals surface area (Å²) >= 11 is 4.81. The number of urea groups is 1. The molecule has 1 aromatic heterocycles. The van der Waals surface area contributed by atoms with E-state index >= 15 is 0 Å². The zero-order valence-electron chi connectivity index (χ0n) is 15.5. The van der Waals surface area contributed by atoms with Crippen LogP contribution in [-0.4, -0.2) is 21.8 Å². The Labute approximate surface area is 180 Å². The van der Waals surface area contributed by atoms with E-state index in [-0.39, 0.29) is 11.6 Å². The van der Waals surface area contributed by atoms with Gasteiger partial charge in [-0.2, -0.15) is 0 Å². The first-order valence-corrected chi connectivity index (χ1v) is 11.1. The van der Waals surface area contributed by atoms with Gasteiger partial charge in [0.2, 0.25) is 5.13 Å². The zero-order chi connectivity index (χ0) is 20.0. The zero-order valence-corrected chi connectivity index (χ0v) is 17.9. The van der Waals surface area contributed by atoms with E-state index in [0.717, 1.165) is 45.6 Å². The van der Waals surface area contributed by atoms with Gasteiger partial charge in [0.05, 0.1) is 6.04 Å². The number of ether oxygens (including phenoxy) is 1. The fourth-order valence-electron chi connectivity index (χ4n) is 4.10. The van der Waals surface area contributed by atoms with E-state index in [1.54, 1.807) is 4.90 Å². The van der Waals surface area contributed by atoms with Crippen LogP contribution >= 0.6 is 27.3 Å².